The van der Waals surface area contributed by atoms with E-state index in [1.54, 1.807) is 0 Å². The molecule has 1 fully saturated rings. The fourth-order valence-electron chi connectivity index (χ4n) is 3.11. The van der Waals surface area contributed by atoms with Gasteiger partial charge in [0.1, 0.15) is 0 Å². The number of thioether (sulfide) groups is 1. The van der Waals surface area contributed by atoms with Crippen LogP contribution in [0.25, 0.3) is 11.4 Å². The molecule has 1 aromatic carbocycles. The van der Waals surface area contributed by atoms with Gasteiger partial charge in [0.25, 0.3) is 0 Å². The van der Waals surface area contributed by atoms with Gasteiger partial charge in [0.15, 0.2) is 11.0 Å². The molecule has 2 heterocycles. The number of piperidine rings is 1. The number of rotatable bonds is 6. The summed E-state index contributed by atoms with van der Waals surface area (Å²) in [6, 6.07) is 10.3. The lowest BCUT2D eigenvalue weighted by Crippen LogP contribution is -2.37. The zero-order valence-corrected chi connectivity index (χ0v) is 15.9. The molecule has 0 aliphatic carbocycles. The van der Waals surface area contributed by atoms with E-state index >= 15 is 0 Å². The molecular formula is C19H28N4S. The average molecular weight is 345 g/mol. The molecule has 0 amide bonds. The lowest BCUT2D eigenvalue weighted by molar-refractivity contribution is 0.133. The maximum absolute atomic E-state index is 4.36. The molecule has 4 nitrogen and oxygen atoms in total. The number of hydrogen-bond acceptors (Lipinski definition) is 4. The van der Waals surface area contributed by atoms with Crippen molar-refractivity contribution in [2.45, 2.75) is 38.3 Å². The summed E-state index contributed by atoms with van der Waals surface area (Å²) in [5.74, 6) is 2.04. The standard InChI is InChI=1S/C19H28N4S/c1-19(2)10-13-23(14-11-19)12-7-15-24-18-21-20-17(22(18)3)16-8-5-4-6-9-16/h4-6,8-9H,7,10-15H2,1-3H3. The van der Waals surface area contributed by atoms with Crippen LogP contribution in [0, 0.1) is 5.41 Å². The van der Waals surface area contributed by atoms with Crippen LogP contribution in [-0.4, -0.2) is 45.1 Å². The van der Waals surface area contributed by atoms with E-state index < -0.39 is 0 Å². The first-order valence-corrected chi connectivity index (χ1v) is 9.84. The smallest absolute Gasteiger partial charge is 0.191 e. The third-order valence-electron chi connectivity index (χ3n) is 4.93. The van der Waals surface area contributed by atoms with Crippen molar-refractivity contribution in [3.8, 4) is 11.4 Å². The Morgan fingerprint density at radius 2 is 1.79 bits per heavy atom. The van der Waals surface area contributed by atoms with E-state index in [-0.39, 0.29) is 0 Å². The fraction of sp³-hybridized carbons (Fsp3) is 0.579. The third-order valence-corrected chi connectivity index (χ3v) is 6.03. The molecule has 2 aromatic rings. The van der Waals surface area contributed by atoms with Gasteiger partial charge in [-0.25, -0.2) is 0 Å². The lowest BCUT2D eigenvalue weighted by atomic mass is 9.83. The first-order valence-electron chi connectivity index (χ1n) is 8.85. The predicted molar refractivity (Wildman–Crippen MR) is 101 cm³/mol. The van der Waals surface area contributed by atoms with Crippen molar-refractivity contribution in [1.82, 2.24) is 19.7 Å². The molecule has 0 spiro atoms. The van der Waals surface area contributed by atoms with E-state index in [2.05, 4.69) is 52.7 Å². The molecule has 0 saturated carbocycles. The summed E-state index contributed by atoms with van der Waals surface area (Å²) in [6.07, 6.45) is 3.85. The molecule has 1 aliphatic heterocycles. The highest BCUT2D eigenvalue weighted by Gasteiger charge is 2.24. The molecule has 130 valence electrons. The molecule has 0 bridgehead atoms. The van der Waals surface area contributed by atoms with Crippen molar-refractivity contribution >= 4 is 11.8 Å². The normalized spacial score (nSPS) is 18.0. The lowest BCUT2D eigenvalue weighted by Gasteiger charge is -2.36. The van der Waals surface area contributed by atoms with Crippen LogP contribution in [0.4, 0.5) is 0 Å². The highest BCUT2D eigenvalue weighted by atomic mass is 32.2. The minimum Gasteiger partial charge on any atom is -0.305 e. The number of benzene rings is 1. The van der Waals surface area contributed by atoms with Crippen LogP contribution < -0.4 is 0 Å². The van der Waals surface area contributed by atoms with E-state index in [0.29, 0.717) is 5.41 Å². The van der Waals surface area contributed by atoms with Crippen LogP contribution in [0.15, 0.2) is 35.5 Å². The molecule has 0 N–H and O–H groups in total. The Morgan fingerprint density at radius 3 is 2.50 bits per heavy atom. The van der Waals surface area contributed by atoms with E-state index in [0.717, 1.165) is 22.3 Å². The Bertz CT molecular complexity index is 641. The van der Waals surface area contributed by atoms with Gasteiger partial charge in [0.05, 0.1) is 0 Å². The summed E-state index contributed by atoms with van der Waals surface area (Å²) < 4.78 is 2.10. The molecule has 24 heavy (non-hydrogen) atoms. The van der Waals surface area contributed by atoms with E-state index in [9.17, 15) is 0 Å². The number of likely N-dealkylation sites (tertiary alicyclic amines) is 1. The van der Waals surface area contributed by atoms with Crippen LogP contribution in [0.3, 0.4) is 0 Å². The van der Waals surface area contributed by atoms with Crippen LogP contribution in [-0.2, 0) is 7.05 Å². The summed E-state index contributed by atoms with van der Waals surface area (Å²) in [5.41, 5.74) is 1.66. The van der Waals surface area contributed by atoms with Crippen LogP contribution in [0.1, 0.15) is 33.1 Å². The fourth-order valence-corrected chi connectivity index (χ4v) is 3.95. The quantitative estimate of drug-likeness (QED) is 0.584. The van der Waals surface area contributed by atoms with Crippen LogP contribution in [0.5, 0.6) is 0 Å². The molecule has 0 unspecified atom stereocenters. The minimum absolute atomic E-state index is 0.539. The van der Waals surface area contributed by atoms with Crippen molar-refractivity contribution < 1.29 is 0 Å². The Kier molecular flexibility index (Phi) is 5.61. The highest BCUT2D eigenvalue weighted by molar-refractivity contribution is 7.99. The summed E-state index contributed by atoms with van der Waals surface area (Å²) in [7, 11) is 2.05. The maximum atomic E-state index is 4.36. The topological polar surface area (TPSA) is 34.0 Å². The zero-order valence-electron chi connectivity index (χ0n) is 15.0. The Labute approximate surface area is 149 Å². The first kappa shape index (κ1) is 17.5. The van der Waals surface area contributed by atoms with Crippen molar-refractivity contribution in [2.24, 2.45) is 12.5 Å². The molecule has 3 rings (SSSR count). The molecule has 1 aliphatic rings. The number of nitrogens with zero attached hydrogens (tertiary/aromatic N) is 4. The number of hydrogen-bond donors (Lipinski definition) is 0. The summed E-state index contributed by atoms with van der Waals surface area (Å²) >= 11 is 1.81. The van der Waals surface area contributed by atoms with Crippen LogP contribution in [0.2, 0.25) is 0 Å². The first-order chi connectivity index (χ1) is 11.6. The van der Waals surface area contributed by atoms with Gasteiger partial charge >= 0.3 is 0 Å². The van der Waals surface area contributed by atoms with Crippen LogP contribution >= 0.6 is 11.8 Å². The predicted octanol–water partition coefficient (Wildman–Crippen LogP) is 4.09. The average Bonchev–Trinajstić information content (AvgIpc) is 2.94. The minimum atomic E-state index is 0.539. The molecule has 0 radical (unpaired) electrons. The molecule has 1 saturated heterocycles. The molecule has 1 aromatic heterocycles. The SMILES string of the molecule is Cn1c(SCCCN2CCC(C)(C)CC2)nnc1-c1ccccc1. The van der Waals surface area contributed by atoms with E-state index in [4.69, 9.17) is 0 Å². The Balaban J connectivity index is 1.45. The van der Waals surface area contributed by atoms with Gasteiger partial charge in [-0.15, -0.1) is 10.2 Å². The Morgan fingerprint density at radius 1 is 1.08 bits per heavy atom. The van der Waals surface area contributed by atoms with Gasteiger partial charge in [0.2, 0.25) is 0 Å². The molecular weight excluding hydrogens is 316 g/mol. The zero-order chi connectivity index (χ0) is 17.0. The summed E-state index contributed by atoms with van der Waals surface area (Å²) in [5, 5.41) is 9.72. The largest absolute Gasteiger partial charge is 0.305 e. The van der Waals surface area contributed by atoms with Gasteiger partial charge in [-0.05, 0) is 44.3 Å². The third kappa shape index (κ3) is 4.39. The van der Waals surface area contributed by atoms with E-state index in [1.807, 2.05) is 30.0 Å². The second-order valence-electron chi connectivity index (χ2n) is 7.44. The van der Waals surface area contributed by atoms with Gasteiger partial charge in [-0.2, -0.15) is 0 Å². The second kappa shape index (κ2) is 7.70. The second-order valence-corrected chi connectivity index (χ2v) is 8.50. The van der Waals surface area contributed by atoms with Gasteiger partial charge in [-0.1, -0.05) is 55.9 Å². The van der Waals surface area contributed by atoms with Crippen molar-refractivity contribution in [3.63, 3.8) is 0 Å². The van der Waals surface area contributed by atoms with E-state index in [1.165, 1.54) is 38.9 Å². The summed E-state index contributed by atoms with van der Waals surface area (Å²) in [6.45, 7) is 8.48. The number of aromatic nitrogens is 3. The highest BCUT2D eigenvalue weighted by Crippen LogP contribution is 2.30. The molecule has 0 atom stereocenters. The van der Waals surface area contributed by atoms with Gasteiger partial charge in [0, 0.05) is 18.4 Å². The van der Waals surface area contributed by atoms with Crippen molar-refractivity contribution in [1.29, 1.82) is 0 Å². The van der Waals surface area contributed by atoms with Gasteiger partial charge < -0.3 is 9.47 Å². The Hall–Kier alpha value is -1.33. The van der Waals surface area contributed by atoms with Gasteiger partial charge in [-0.3, -0.25) is 0 Å². The van der Waals surface area contributed by atoms with Crippen molar-refractivity contribution in [3.05, 3.63) is 30.3 Å². The summed E-state index contributed by atoms with van der Waals surface area (Å²) in [4.78, 5) is 2.61. The van der Waals surface area contributed by atoms with Crippen molar-refractivity contribution in [2.75, 3.05) is 25.4 Å². The molecule has 5 heteroatoms. The maximum Gasteiger partial charge on any atom is 0.191 e. The monoisotopic (exact) mass is 344 g/mol.